The smallest absolute Gasteiger partial charge is 0.262 e. The zero-order chi connectivity index (χ0) is 17.9. The molecule has 0 saturated heterocycles. The van der Waals surface area contributed by atoms with Gasteiger partial charge < -0.3 is 0 Å². The molecule has 3 aromatic carbocycles. The van der Waals surface area contributed by atoms with E-state index >= 15 is 0 Å². The van der Waals surface area contributed by atoms with Gasteiger partial charge in [-0.05, 0) is 42.8 Å². The third-order valence-electron chi connectivity index (χ3n) is 3.89. The van der Waals surface area contributed by atoms with Gasteiger partial charge in [0.1, 0.15) is 5.82 Å². The maximum Gasteiger partial charge on any atom is 0.264 e. The molecule has 0 amide bonds. The van der Waals surface area contributed by atoms with Crippen molar-refractivity contribution in [2.75, 3.05) is 4.31 Å². The third-order valence-corrected chi connectivity index (χ3v) is 5.68. The first kappa shape index (κ1) is 17.2. The van der Waals surface area contributed by atoms with Crippen molar-refractivity contribution in [2.45, 2.75) is 18.4 Å². The molecule has 3 rings (SSSR count). The van der Waals surface area contributed by atoms with Crippen LogP contribution in [0.15, 0.2) is 83.8 Å². The van der Waals surface area contributed by atoms with E-state index < -0.39 is 15.8 Å². The van der Waals surface area contributed by atoms with Crippen LogP contribution in [0.2, 0.25) is 0 Å². The van der Waals surface area contributed by atoms with Crippen molar-refractivity contribution in [3.8, 4) is 0 Å². The maximum atomic E-state index is 14.1. The van der Waals surface area contributed by atoms with Crippen LogP contribution < -0.4 is 4.31 Å². The largest absolute Gasteiger partial charge is 0.264 e. The van der Waals surface area contributed by atoms with Gasteiger partial charge in [0, 0.05) is 5.56 Å². The number of aryl methyl sites for hydroxylation is 1. The maximum absolute atomic E-state index is 14.1. The fourth-order valence-electron chi connectivity index (χ4n) is 2.60. The summed E-state index contributed by atoms with van der Waals surface area (Å²) in [5.41, 5.74) is 1.76. The molecule has 0 aliphatic heterocycles. The number of nitrogens with zero attached hydrogens (tertiary/aromatic N) is 1. The summed E-state index contributed by atoms with van der Waals surface area (Å²) in [5.74, 6) is -0.427. The van der Waals surface area contributed by atoms with E-state index in [-0.39, 0.29) is 11.4 Å². The van der Waals surface area contributed by atoms with E-state index in [2.05, 4.69) is 0 Å². The molecule has 3 nitrogen and oxygen atoms in total. The minimum absolute atomic E-state index is 0.0760. The average Bonchev–Trinajstić information content (AvgIpc) is 2.61. The van der Waals surface area contributed by atoms with Crippen LogP contribution in [0, 0.1) is 12.7 Å². The van der Waals surface area contributed by atoms with Crippen molar-refractivity contribution >= 4 is 15.7 Å². The van der Waals surface area contributed by atoms with E-state index in [9.17, 15) is 12.8 Å². The van der Waals surface area contributed by atoms with E-state index in [0.29, 0.717) is 11.3 Å². The molecular formula is C20H18FNO2S. The molecule has 0 radical (unpaired) electrons. The van der Waals surface area contributed by atoms with E-state index in [1.54, 1.807) is 66.7 Å². The second-order valence-electron chi connectivity index (χ2n) is 5.76. The lowest BCUT2D eigenvalue weighted by molar-refractivity contribution is 0.585. The van der Waals surface area contributed by atoms with Gasteiger partial charge >= 0.3 is 0 Å². The summed E-state index contributed by atoms with van der Waals surface area (Å²) in [6.45, 7) is 1.81. The lowest BCUT2D eigenvalue weighted by Crippen LogP contribution is -2.31. The number of hydrogen-bond acceptors (Lipinski definition) is 2. The second-order valence-corrected chi connectivity index (χ2v) is 7.62. The molecule has 0 spiro atoms. The molecule has 5 heteroatoms. The summed E-state index contributed by atoms with van der Waals surface area (Å²) < 4.78 is 41.7. The van der Waals surface area contributed by atoms with Gasteiger partial charge in [0.05, 0.1) is 17.1 Å². The quantitative estimate of drug-likeness (QED) is 0.674. The van der Waals surface area contributed by atoms with Gasteiger partial charge in [-0.15, -0.1) is 0 Å². The Balaban J connectivity index is 2.11. The molecule has 0 saturated carbocycles. The summed E-state index contributed by atoms with van der Waals surface area (Å²) in [5, 5.41) is 0. The first-order valence-electron chi connectivity index (χ1n) is 7.86. The van der Waals surface area contributed by atoms with Crippen molar-refractivity contribution < 1.29 is 12.8 Å². The molecule has 0 fully saturated rings. The Morgan fingerprint density at radius 2 is 1.56 bits per heavy atom. The molecule has 0 N–H and O–H groups in total. The minimum atomic E-state index is -3.82. The number of rotatable bonds is 5. The summed E-state index contributed by atoms with van der Waals surface area (Å²) >= 11 is 0. The zero-order valence-corrected chi connectivity index (χ0v) is 14.6. The van der Waals surface area contributed by atoms with Crippen molar-refractivity contribution in [3.63, 3.8) is 0 Å². The van der Waals surface area contributed by atoms with Crippen LogP contribution in [0.3, 0.4) is 0 Å². The molecule has 0 aromatic heterocycles. The zero-order valence-electron chi connectivity index (χ0n) is 13.8. The summed E-state index contributed by atoms with van der Waals surface area (Å²) in [6.07, 6.45) is 0. The minimum Gasteiger partial charge on any atom is -0.262 e. The van der Waals surface area contributed by atoms with Crippen molar-refractivity contribution in [1.29, 1.82) is 0 Å². The van der Waals surface area contributed by atoms with Gasteiger partial charge in [0.2, 0.25) is 0 Å². The molecule has 3 aromatic rings. The van der Waals surface area contributed by atoms with Crippen LogP contribution in [-0.2, 0) is 16.6 Å². The highest BCUT2D eigenvalue weighted by Gasteiger charge is 2.25. The van der Waals surface area contributed by atoms with Gasteiger partial charge in [0.25, 0.3) is 10.0 Å². The Kier molecular flexibility index (Phi) is 4.86. The van der Waals surface area contributed by atoms with E-state index in [1.165, 1.54) is 10.4 Å². The van der Waals surface area contributed by atoms with Crippen molar-refractivity contribution in [1.82, 2.24) is 0 Å². The third kappa shape index (κ3) is 3.72. The SMILES string of the molecule is Cc1cccc(N(Cc2ccccc2F)S(=O)(=O)c2ccccc2)c1. The van der Waals surface area contributed by atoms with Crippen LogP contribution in [0.25, 0.3) is 0 Å². The molecule has 0 bridgehead atoms. The number of halogens is 1. The summed E-state index contributed by atoms with van der Waals surface area (Å²) in [4.78, 5) is 0.174. The summed E-state index contributed by atoms with van der Waals surface area (Å²) in [7, 11) is -3.82. The van der Waals surface area contributed by atoms with Crippen LogP contribution in [-0.4, -0.2) is 8.42 Å². The van der Waals surface area contributed by atoms with Crippen molar-refractivity contribution in [2.24, 2.45) is 0 Å². The predicted octanol–water partition coefficient (Wildman–Crippen LogP) is 4.53. The molecule has 0 heterocycles. The highest BCUT2D eigenvalue weighted by atomic mass is 32.2. The van der Waals surface area contributed by atoms with Crippen LogP contribution in [0.4, 0.5) is 10.1 Å². The number of benzene rings is 3. The van der Waals surface area contributed by atoms with Gasteiger partial charge in [-0.25, -0.2) is 12.8 Å². The monoisotopic (exact) mass is 355 g/mol. The second kappa shape index (κ2) is 7.07. The first-order chi connectivity index (χ1) is 12.0. The van der Waals surface area contributed by atoms with Gasteiger partial charge in [-0.1, -0.05) is 48.5 Å². The van der Waals surface area contributed by atoms with E-state index in [4.69, 9.17) is 0 Å². The van der Waals surface area contributed by atoms with E-state index in [0.717, 1.165) is 5.56 Å². The lowest BCUT2D eigenvalue weighted by Gasteiger charge is -2.25. The molecule has 25 heavy (non-hydrogen) atoms. The lowest BCUT2D eigenvalue weighted by atomic mass is 10.2. The highest BCUT2D eigenvalue weighted by Crippen LogP contribution is 2.27. The highest BCUT2D eigenvalue weighted by molar-refractivity contribution is 7.92. The van der Waals surface area contributed by atoms with Crippen molar-refractivity contribution in [3.05, 3.63) is 95.8 Å². The average molecular weight is 355 g/mol. The Bertz CT molecular complexity index is 972. The van der Waals surface area contributed by atoms with Crippen LogP contribution >= 0.6 is 0 Å². The topological polar surface area (TPSA) is 37.4 Å². The molecule has 0 atom stereocenters. The van der Waals surface area contributed by atoms with Gasteiger partial charge in [0.15, 0.2) is 0 Å². The molecular weight excluding hydrogens is 337 g/mol. The van der Waals surface area contributed by atoms with Gasteiger partial charge in [-0.2, -0.15) is 0 Å². The Hall–Kier alpha value is -2.66. The first-order valence-corrected chi connectivity index (χ1v) is 9.30. The Morgan fingerprint density at radius 1 is 0.880 bits per heavy atom. The fraction of sp³-hybridized carbons (Fsp3) is 0.100. The Labute approximate surface area is 147 Å². The standard InChI is InChI=1S/C20H18FNO2S/c1-16-8-7-10-18(14-16)22(15-17-9-5-6-13-20(17)21)25(23,24)19-11-3-2-4-12-19/h2-14H,15H2,1H3. The number of hydrogen-bond donors (Lipinski definition) is 0. The fourth-order valence-corrected chi connectivity index (χ4v) is 4.05. The molecule has 128 valence electrons. The van der Waals surface area contributed by atoms with Crippen LogP contribution in [0.1, 0.15) is 11.1 Å². The normalized spacial score (nSPS) is 11.3. The Morgan fingerprint density at radius 3 is 2.24 bits per heavy atom. The summed E-state index contributed by atoms with van der Waals surface area (Å²) in [6, 6.07) is 21.6. The van der Waals surface area contributed by atoms with Crippen LogP contribution in [0.5, 0.6) is 0 Å². The molecule has 0 unspecified atom stereocenters. The molecule has 0 aliphatic rings. The van der Waals surface area contributed by atoms with Gasteiger partial charge in [-0.3, -0.25) is 4.31 Å². The molecule has 0 aliphatic carbocycles. The number of anilines is 1. The predicted molar refractivity (Wildman–Crippen MR) is 97.4 cm³/mol. The number of sulfonamides is 1. The van der Waals surface area contributed by atoms with E-state index in [1.807, 2.05) is 13.0 Å².